The van der Waals surface area contributed by atoms with Gasteiger partial charge in [0.1, 0.15) is 0 Å². The van der Waals surface area contributed by atoms with Crippen molar-refractivity contribution in [2.75, 3.05) is 5.32 Å². The summed E-state index contributed by atoms with van der Waals surface area (Å²) in [6.45, 7) is 12.7. The van der Waals surface area contributed by atoms with E-state index < -0.39 is 0 Å². The number of carbonyl (C=O) groups excluding carboxylic acids is 1. The SMILES string of the molecule is Cc1ccc(C(=O)N[C@H]2C(C)(C)[C@H](Nc3ccc(C#N)c(C)c3)C2(C)C)cc1. The van der Waals surface area contributed by atoms with Crippen molar-refractivity contribution < 1.29 is 4.79 Å². The summed E-state index contributed by atoms with van der Waals surface area (Å²) in [5.41, 5.74) is 4.26. The summed E-state index contributed by atoms with van der Waals surface area (Å²) >= 11 is 0. The van der Waals surface area contributed by atoms with Crippen LogP contribution in [-0.2, 0) is 0 Å². The van der Waals surface area contributed by atoms with E-state index in [4.69, 9.17) is 5.26 Å². The highest BCUT2D eigenvalue weighted by Gasteiger charge is 2.62. The van der Waals surface area contributed by atoms with Gasteiger partial charge in [0.15, 0.2) is 0 Å². The molecule has 0 heterocycles. The molecule has 0 aliphatic heterocycles. The molecule has 0 radical (unpaired) electrons. The first kappa shape index (κ1) is 19.9. The van der Waals surface area contributed by atoms with Gasteiger partial charge in [-0.25, -0.2) is 0 Å². The number of nitrogens with one attached hydrogen (secondary N) is 2. The van der Waals surface area contributed by atoms with E-state index in [1.54, 1.807) is 0 Å². The van der Waals surface area contributed by atoms with Gasteiger partial charge in [0.25, 0.3) is 5.91 Å². The van der Waals surface area contributed by atoms with E-state index in [9.17, 15) is 4.79 Å². The van der Waals surface area contributed by atoms with Gasteiger partial charge < -0.3 is 10.6 Å². The van der Waals surface area contributed by atoms with Crippen molar-refractivity contribution in [1.29, 1.82) is 5.26 Å². The Hall–Kier alpha value is -2.80. The van der Waals surface area contributed by atoms with E-state index in [0.717, 1.165) is 16.8 Å². The maximum atomic E-state index is 12.8. The minimum Gasteiger partial charge on any atom is -0.381 e. The lowest BCUT2D eigenvalue weighted by Crippen LogP contribution is -2.75. The first-order chi connectivity index (χ1) is 13.1. The van der Waals surface area contributed by atoms with Crippen LogP contribution in [0.1, 0.15) is 54.7 Å². The fourth-order valence-electron chi connectivity index (χ4n) is 4.86. The molecule has 1 aliphatic carbocycles. The van der Waals surface area contributed by atoms with Crippen LogP contribution in [0.2, 0.25) is 0 Å². The van der Waals surface area contributed by atoms with Gasteiger partial charge in [-0.15, -0.1) is 0 Å². The van der Waals surface area contributed by atoms with Crippen molar-refractivity contribution in [3.8, 4) is 6.07 Å². The van der Waals surface area contributed by atoms with Crippen LogP contribution in [0.4, 0.5) is 5.69 Å². The zero-order chi connectivity index (χ0) is 20.7. The molecule has 1 aliphatic rings. The Morgan fingerprint density at radius 2 is 1.57 bits per heavy atom. The smallest absolute Gasteiger partial charge is 0.251 e. The van der Waals surface area contributed by atoms with Crippen molar-refractivity contribution in [1.82, 2.24) is 5.32 Å². The summed E-state index contributed by atoms with van der Waals surface area (Å²) in [7, 11) is 0. The summed E-state index contributed by atoms with van der Waals surface area (Å²) in [5, 5.41) is 16.0. The predicted octanol–water partition coefficient (Wildman–Crippen LogP) is 4.82. The number of hydrogen-bond donors (Lipinski definition) is 2. The molecule has 1 amide bonds. The number of anilines is 1. The molecule has 1 fully saturated rings. The number of hydrogen-bond acceptors (Lipinski definition) is 3. The molecule has 2 aromatic carbocycles. The second-order valence-electron chi connectivity index (χ2n) is 9.13. The first-order valence-electron chi connectivity index (χ1n) is 9.72. The van der Waals surface area contributed by atoms with Crippen LogP contribution in [0.15, 0.2) is 42.5 Å². The standard InChI is InChI=1S/C24H29N3O/c1-15-7-9-17(10-8-15)20(28)27-22-23(3,4)21(24(22,5)6)26-19-12-11-18(14-25)16(2)13-19/h7-13,21-22,26H,1-6H3,(H,27,28)/t21-,22-. The van der Waals surface area contributed by atoms with Gasteiger partial charge in [-0.05, 0) is 49.7 Å². The van der Waals surface area contributed by atoms with Crippen LogP contribution >= 0.6 is 0 Å². The minimum atomic E-state index is -0.119. The lowest BCUT2D eigenvalue weighted by atomic mass is 9.48. The van der Waals surface area contributed by atoms with Gasteiger partial charge in [-0.2, -0.15) is 5.26 Å². The van der Waals surface area contributed by atoms with Gasteiger partial charge in [-0.3, -0.25) is 4.79 Å². The maximum absolute atomic E-state index is 12.8. The molecular weight excluding hydrogens is 346 g/mol. The van der Waals surface area contributed by atoms with E-state index in [0.29, 0.717) is 11.1 Å². The van der Waals surface area contributed by atoms with Crippen molar-refractivity contribution in [3.63, 3.8) is 0 Å². The predicted molar refractivity (Wildman–Crippen MR) is 113 cm³/mol. The van der Waals surface area contributed by atoms with Crippen LogP contribution in [0, 0.1) is 36.0 Å². The highest BCUT2D eigenvalue weighted by atomic mass is 16.1. The fraction of sp³-hybridized carbons (Fsp3) is 0.417. The van der Waals surface area contributed by atoms with E-state index in [1.807, 2.05) is 56.3 Å². The van der Waals surface area contributed by atoms with E-state index in [2.05, 4.69) is 44.4 Å². The quantitative estimate of drug-likeness (QED) is 0.805. The van der Waals surface area contributed by atoms with Gasteiger partial charge in [0.05, 0.1) is 11.6 Å². The maximum Gasteiger partial charge on any atom is 0.251 e. The molecule has 0 bridgehead atoms. The van der Waals surface area contributed by atoms with Crippen LogP contribution < -0.4 is 10.6 Å². The Bertz CT molecular complexity index is 919. The normalized spacial score (nSPS) is 21.9. The lowest BCUT2D eigenvalue weighted by Gasteiger charge is -2.64. The van der Waals surface area contributed by atoms with Crippen LogP contribution in [-0.4, -0.2) is 18.0 Å². The molecule has 1 saturated carbocycles. The molecular formula is C24H29N3O. The molecule has 28 heavy (non-hydrogen) atoms. The van der Waals surface area contributed by atoms with Crippen molar-refractivity contribution in [2.24, 2.45) is 10.8 Å². The van der Waals surface area contributed by atoms with Crippen LogP contribution in [0.25, 0.3) is 0 Å². The average molecular weight is 376 g/mol. The summed E-state index contributed by atoms with van der Waals surface area (Å²) < 4.78 is 0. The van der Waals surface area contributed by atoms with Crippen molar-refractivity contribution >= 4 is 11.6 Å². The van der Waals surface area contributed by atoms with E-state index in [-0.39, 0.29) is 28.8 Å². The highest BCUT2D eigenvalue weighted by molar-refractivity contribution is 5.94. The van der Waals surface area contributed by atoms with E-state index >= 15 is 0 Å². The summed E-state index contributed by atoms with van der Waals surface area (Å²) in [5.74, 6) is -0.0289. The molecule has 2 aromatic rings. The van der Waals surface area contributed by atoms with Crippen molar-refractivity contribution in [3.05, 3.63) is 64.7 Å². The third kappa shape index (κ3) is 3.38. The number of amides is 1. The number of aryl methyl sites for hydroxylation is 2. The lowest BCUT2D eigenvalue weighted by molar-refractivity contribution is -0.0554. The zero-order valence-corrected chi connectivity index (χ0v) is 17.6. The molecule has 0 aromatic heterocycles. The third-order valence-electron chi connectivity index (χ3n) is 6.22. The van der Waals surface area contributed by atoms with Gasteiger partial charge in [0, 0.05) is 34.2 Å². The molecule has 3 rings (SSSR count). The molecule has 0 unspecified atom stereocenters. The summed E-state index contributed by atoms with van der Waals surface area (Å²) in [6, 6.07) is 15.9. The summed E-state index contributed by atoms with van der Waals surface area (Å²) in [6.07, 6.45) is 0. The Morgan fingerprint density at radius 3 is 2.11 bits per heavy atom. The highest BCUT2D eigenvalue weighted by Crippen LogP contribution is 2.55. The number of nitriles is 1. The Labute approximate surface area is 168 Å². The largest absolute Gasteiger partial charge is 0.381 e. The number of nitrogens with zero attached hydrogens (tertiary/aromatic N) is 1. The molecule has 0 saturated heterocycles. The van der Waals surface area contributed by atoms with Crippen LogP contribution in [0.3, 0.4) is 0 Å². The number of rotatable bonds is 4. The van der Waals surface area contributed by atoms with Crippen LogP contribution in [0.5, 0.6) is 0 Å². The molecule has 146 valence electrons. The fourth-order valence-corrected chi connectivity index (χ4v) is 4.86. The monoisotopic (exact) mass is 375 g/mol. The number of carbonyl (C=O) groups is 1. The molecule has 0 spiro atoms. The second-order valence-corrected chi connectivity index (χ2v) is 9.13. The van der Waals surface area contributed by atoms with Crippen molar-refractivity contribution in [2.45, 2.75) is 53.6 Å². The Balaban J connectivity index is 1.76. The molecule has 4 heteroatoms. The number of benzene rings is 2. The second kappa shape index (κ2) is 6.98. The molecule has 0 atom stereocenters. The topological polar surface area (TPSA) is 64.9 Å². The van der Waals surface area contributed by atoms with Gasteiger partial charge >= 0.3 is 0 Å². The Morgan fingerprint density at radius 1 is 0.964 bits per heavy atom. The first-order valence-corrected chi connectivity index (χ1v) is 9.72. The van der Waals surface area contributed by atoms with Gasteiger partial charge in [-0.1, -0.05) is 45.4 Å². The van der Waals surface area contributed by atoms with E-state index in [1.165, 1.54) is 0 Å². The summed E-state index contributed by atoms with van der Waals surface area (Å²) in [4.78, 5) is 12.8. The third-order valence-corrected chi connectivity index (χ3v) is 6.22. The minimum absolute atomic E-state index is 0.0289. The average Bonchev–Trinajstić information content (AvgIpc) is 2.64. The molecule has 2 N–H and O–H groups in total. The zero-order valence-electron chi connectivity index (χ0n) is 17.6. The molecule has 4 nitrogen and oxygen atoms in total. The Kier molecular flexibility index (Phi) is 4.97. The van der Waals surface area contributed by atoms with Gasteiger partial charge in [0.2, 0.25) is 0 Å².